The van der Waals surface area contributed by atoms with E-state index in [0.29, 0.717) is 32.0 Å². The Morgan fingerprint density at radius 1 is 0.975 bits per heavy atom. The third-order valence-electron chi connectivity index (χ3n) is 6.09. The normalized spacial score (nSPS) is 11.0. The molecule has 4 heterocycles. The smallest absolute Gasteiger partial charge is 0.261 e. The summed E-state index contributed by atoms with van der Waals surface area (Å²) in [4.78, 5) is 30.1. The average molecular weight is 569 g/mol. The summed E-state index contributed by atoms with van der Waals surface area (Å²) < 4.78 is 9.90. The molecule has 0 bridgehead atoms. The quantitative estimate of drug-likeness (QED) is 0.271. The van der Waals surface area contributed by atoms with Gasteiger partial charge in [0, 0.05) is 23.7 Å². The number of nitrogens with one attached hydrogen (secondary N) is 1. The minimum atomic E-state index is -0.240. The standard InChI is InChI=1S/C29H21ClN6O3S/c30-27-13-12-26(40-27)29(38)31-16-21-17-36(34-33-21)24-11-10-22(35-14-4-3-7-28(35)37)15-25(24)39-18-20-9-8-19-5-1-2-6-23(19)32-20/h1-15,17H,16,18H2,(H,31,38). The van der Waals surface area contributed by atoms with E-state index in [2.05, 4.69) is 15.6 Å². The van der Waals surface area contributed by atoms with Crippen LogP contribution in [-0.2, 0) is 13.2 Å². The van der Waals surface area contributed by atoms with Crippen LogP contribution < -0.4 is 15.6 Å². The topological polar surface area (TPSA) is 104 Å². The van der Waals surface area contributed by atoms with Crippen molar-refractivity contribution in [2.75, 3.05) is 0 Å². The monoisotopic (exact) mass is 568 g/mol. The van der Waals surface area contributed by atoms with Gasteiger partial charge in [0.1, 0.15) is 23.7 Å². The highest BCUT2D eigenvalue weighted by Gasteiger charge is 2.14. The van der Waals surface area contributed by atoms with Gasteiger partial charge in [0.05, 0.1) is 38.9 Å². The van der Waals surface area contributed by atoms with Crippen molar-refractivity contribution in [3.05, 3.63) is 128 Å². The van der Waals surface area contributed by atoms with Gasteiger partial charge in [-0.25, -0.2) is 9.67 Å². The molecule has 1 amide bonds. The Morgan fingerprint density at radius 2 is 1.85 bits per heavy atom. The summed E-state index contributed by atoms with van der Waals surface area (Å²) in [5.41, 5.74) is 3.27. The second-order valence-corrected chi connectivity index (χ2v) is 10.5. The van der Waals surface area contributed by atoms with Crippen LogP contribution in [0.5, 0.6) is 5.75 Å². The zero-order chi connectivity index (χ0) is 27.5. The van der Waals surface area contributed by atoms with Crippen LogP contribution in [0.2, 0.25) is 4.34 Å². The number of benzene rings is 2. The molecular weight excluding hydrogens is 548 g/mol. The maximum atomic E-state index is 12.5. The van der Waals surface area contributed by atoms with E-state index >= 15 is 0 Å². The number of pyridine rings is 2. The number of para-hydroxylation sites is 1. The summed E-state index contributed by atoms with van der Waals surface area (Å²) in [5, 5.41) is 12.3. The highest BCUT2D eigenvalue weighted by Crippen LogP contribution is 2.27. The first-order chi connectivity index (χ1) is 19.5. The molecule has 6 rings (SSSR count). The highest BCUT2D eigenvalue weighted by atomic mass is 35.5. The number of fused-ring (bicyclic) bond motifs is 1. The number of amides is 1. The predicted molar refractivity (Wildman–Crippen MR) is 154 cm³/mol. The van der Waals surface area contributed by atoms with Gasteiger partial charge in [-0.1, -0.05) is 47.1 Å². The van der Waals surface area contributed by atoms with Crippen molar-refractivity contribution in [3.8, 4) is 17.1 Å². The van der Waals surface area contributed by atoms with Crippen LogP contribution in [0.1, 0.15) is 21.1 Å². The number of carbonyl (C=O) groups excluding carboxylic acids is 1. The maximum absolute atomic E-state index is 12.5. The van der Waals surface area contributed by atoms with Crippen LogP contribution in [0, 0.1) is 0 Å². The van der Waals surface area contributed by atoms with Gasteiger partial charge in [-0.05, 0) is 42.5 Å². The molecule has 4 aromatic heterocycles. The summed E-state index contributed by atoms with van der Waals surface area (Å²) in [5.74, 6) is 0.243. The van der Waals surface area contributed by atoms with Crippen LogP contribution in [0.25, 0.3) is 22.3 Å². The lowest BCUT2D eigenvalue weighted by atomic mass is 10.2. The van der Waals surface area contributed by atoms with Crippen molar-refractivity contribution < 1.29 is 9.53 Å². The Morgan fingerprint density at radius 3 is 2.70 bits per heavy atom. The van der Waals surface area contributed by atoms with E-state index in [1.54, 1.807) is 47.4 Å². The van der Waals surface area contributed by atoms with E-state index in [-0.39, 0.29) is 24.6 Å². The largest absolute Gasteiger partial charge is 0.485 e. The van der Waals surface area contributed by atoms with E-state index < -0.39 is 0 Å². The zero-order valence-corrected chi connectivity index (χ0v) is 22.5. The molecule has 0 aliphatic heterocycles. The number of hydrogen-bond donors (Lipinski definition) is 1. The molecule has 0 unspecified atom stereocenters. The fraction of sp³-hybridized carbons (Fsp3) is 0.0690. The van der Waals surface area contributed by atoms with Gasteiger partial charge in [0.15, 0.2) is 0 Å². The Hall–Kier alpha value is -4.80. The zero-order valence-electron chi connectivity index (χ0n) is 20.9. The molecular formula is C29H21ClN6O3S. The lowest BCUT2D eigenvalue weighted by Crippen LogP contribution is -2.21. The Balaban J connectivity index is 1.27. The van der Waals surface area contributed by atoms with Gasteiger partial charge in [0.25, 0.3) is 11.5 Å². The molecule has 2 aromatic carbocycles. The Bertz CT molecular complexity index is 1900. The second kappa shape index (κ2) is 11.1. The summed E-state index contributed by atoms with van der Waals surface area (Å²) in [7, 11) is 0. The first kappa shape index (κ1) is 25.5. The number of hydrogen-bond acceptors (Lipinski definition) is 7. The van der Waals surface area contributed by atoms with Crippen LogP contribution in [0.3, 0.4) is 0 Å². The first-order valence-corrected chi connectivity index (χ1v) is 13.5. The molecule has 198 valence electrons. The van der Waals surface area contributed by atoms with Crippen molar-refractivity contribution in [2.45, 2.75) is 13.2 Å². The SMILES string of the molecule is O=C(NCc1cn(-c2ccc(-n3ccccc3=O)cc2OCc2ccc3ccccc3n2)nn1)c1ccc(Cl)s1. The number of ether oxygens (including phenoxy) is 1. The van der Waals surface area contributed by atoms with E-state index in [9.17, 15) is 9.59 Å². The van der Waals surface area contributed by atoms with Gasteiger partial charge in [-0.2, -0.15) is 0 Å². The number of thiophene rings is 1. The lowest BCUT2D eigenvalue weighted by Gasteiger charge is -2.14. The van der Waals surface area contributed by atoms with Gasteiger partial charge in [0.2, 0.25) is 0 Å². The van der Waals surface area contributed by atoms with Gasteiger partial charge >= 0.3 is 0 Å². The average Bonchev–Trinajstić information content (AvgIpc) is 3.64. The van der Waals surface area contributed by atoms with E-state index in [1.807, 2.05) is 48.5 Å². The molecule has 11 heteroatoms. The molecule has 0 radical (unpaired) electrons. The summed E-state index contributed by atoms with van der Waals surface area (Å²) in [6, 6.07) is 25.5. The number of carbonyl (C=O) groups is 1. The van der Waals surface area contributed by atoms with E-state index in [1.165, 1.54) is 22.0 Å². The predicted octanol–water partition coefficient (Wildman–Crippen LogP) is 5.19. The molecule has 0 saturated carbocycles. The van der Waals surface area contributed by atoms with E-state index in [4.69, 9.17) is 21.3 Å². The van der Waals surface area contributed by atoms with Crippen molar-refractivity contribution in [1.29, 1.82) is 0 Å². The molecule has 6 aromatic rings. The summed E-state index contributed by atoms with van der Waals surface area (Å²) in [6.07, 6.45) is 3.41. The number of rotatable bonds is 8. The number of nitrogens with zero attached hydrogens (tertiary/aromatic N) is 5. The minimum absolute atomic E-state index is 0.164. The van der Waals surface area contributed by atoms with Gasteiger partial charge < -0.3 is 10.1 Å². The molecule has 40 heavy (non-hydrogen) atoms. The molecule has 0 spiro atoms. The number of halogens is 1. The van der Waals surface area contributed by atoms with Gasteiger partial charge in [-0.15, -0.1) is 16.4 Å². The third-order valence-corrected chi connectivity index (χ3v) is 7.32. The lowest BCUT2D eigenvalue weighted by molar-refractivity contribution is 0.0954. The summed E-state index contributed by atoms with van der Waals surface area (Å²) >= 11 is 7.14. The molecule has 0 atom stereocenters. The summed E-state index contributed by atoms with van der Waals surface area (Å²) in [6.45, 7) is 0.384. The van der Waals surface area contributed by atoms with Gasteiger partial charge in [-0.3, -0.25) is 14.2 Å². The van der Waals surface area contributed by atoms with Crippen molar-refractivity contribution in [3.63, 3.8) is 0 Å². The third kappa shape index (κ3) is 5.49. The molecule has 1 N–H and O–H groups in total. The van der Waals surface area contributed by atoms with Crippen LogP contribution in [0.4, 0.5) is 0 Å². The van der Waals surface area contributed by atoms with E-state index in [0.717, 1.165) is 16.6 Å². The molecule has 0 fully saturated rings. The van der Waals surface area contributed by atoms with Crippen molar-refractivity contribution >= 4 is 39.7 Å². The molecule has 0 aliphatic carbocycles. The highest BCUT2D eigenvalue weighted by molar-refractivity contribution is 7.18. The second-order valence-electron chi connectivity index (χ2n) is 8.79. The fourth-order valence-electron chi connectivity index (χ4n) is 4.13. The Kier molecular flexibility index (Phi) is 7.09. The minimum Gasteiger partial charge on any atom is -0.485 e. The van der Waals surface area contributed by atoms with Crippen molar-refractivity contribution in [1.82, 2.24) is 29.9 Å². The van der Waals surface area contributed by atoms with Crippen LogP contribution >= 0.6 is 22.9 Å². The van der Waals surface area contributed by atoms with Crippen molar-refractivity contribution in [2.24, 2.45) is 0 Å². The fourth-order valence-corrected chi connectivity index (χ4v) is 5.09. The van der Waals surface area contributed by atoms with Crippen LogP contribution in [-0.4, -0.2) is 30.5 Å². The number of aromatic nitrogens is 5. The first-order valence-electron chi connectivity index (χ1n) is 12.3. The maximum Gasteiger partial charge on any atom is 0.261 e. The molecule has 0 saturated heterocycles. The molecule has 9 nitrogen and oxygen atoms in total. The van der Waals surface area contributed by atoms with Crippen LogP contribution in [0.15, 0.2) is 102 Å². The Labute approximate surface area is 237 Å². The molecule has 0 aliphatic rings.